The van der Waals surface area contributed by atoms with Crippen molar-refractivity contribution < 1.29 is 28.5 Å². The lowest BCUT2D eigenvalue weighted by molar-refractivity contribution is -0.384. The number of carbonyl (C=O) groups is 3. The van der Waals surface area contributed by atoms with Gasteiger partial charge in [-0.25, -0.2) is 4.79 Å². The predicted molar refractivity (Wildman–Crippen MR) is 112 cm³/mol. The number of non-ortho nitro benzene ring substituents is 1. The maximum atomic E-state index is 12.0. The van der Waals surface area contributed by atoms with Crippen molar-refractivity contribution in [3.05, 3.63) is 68.7 Å². The molecule has 2 aromatic carbocycles. The summed E-state index contributed by atoms with van der Waals surface area (Å²) < 4.78 is 11.2. The number of fused-ring (bicyclic) bond motifs is 1. The number of carbonyl (C=O) groups excluding carboxylic acids is 3. The number of nitrogens with zero attached hydrogens (tertiary/aromatic N) is 2. The van der Waals surface area contributed by atoms with Gasteiger partial charge in [0.25, 0.3) is 11.6 Å². The van der Waals surface area contributed by atoms with E-state index in [0.717, 1.165) is 6.07 Å². The molecule has 0 fully saturated rings. The molecule has 3 aromatic rings. The summed E-state index contributed by atoms with van der Waals surface area (Å²) in [5.41, 5.74) is 0.917. The van der Waals surface area contributed by atoms with Crippen molar-refractivity contribution in [2.45, 2.75) is 26.3 Å². The SMILES string of the molecule is CC(=O)c1ccccc1NC(=O)COC(=O)CCCn1c(=O)oc2cc([N+](=O)[O-])ccc21. The number of hydrogen-bond acceptors (Lipinski definition) is 8. The Labute approximate surface area is 180 Å². The second-order valence-electron chi connectivity index (χ2n) is 6.84. The molecule has 0 atom stereocenters. The van der Waals surface area contributed by atoms with Gasteiger partial charge in [-0.1, -0.05) is 12.1 Å². The second kappa shape index (κ2) is 9.69. The van der Waals surface area contributed by atoms with E-state index in [9.17, 15) is 29.3 Å². The highest BCUT2D eigenvalue weighted by molar-refractivity contribution is 6.04. The van der Waals surface area contributed by atoms with E-state index >= 15 is 0 Å². The van der Waals surface area contributed by atoms with Crippen molar-refractivity contribution in [1.82, 2.24) is 4.57 Å². The predicted octanol–water partition coefficient (Wildman–Crippen LogP) is 2.67. The van der Waals surface area contributed by atoms with Crippen LogP contribution in [0.25, 0.3) is 11.1 Å². The first kappa shape index (κ1) is 22.4. The van der Waals surface area contributed by atoms with Gasteiger partial charge < -0.3 is 14.5 Å². The van der Waals surface area contributed by atoms with Crippen molar-refractivity contribution in [3.63, 3.8) is 0 Å². The fourth-order valence-corrected chi connectivity index (χ4v) is 3.07. The molecule has 11 nitrogen and oxygen atoms in total. The third kappa shape index (κ3) is 5.25. The number of nitro groups is 1. The Bertz CT molecular complexity index is 1260. The van der Waals surface area contributed by atoms with Crippen LogP contribution >= 0.6 is 0 Å². The van der Waals surface area contributed by atoms with Gasteiger partial charge in [0.15, 0.2) is 18.0 Å². The molecule has 0 bridgehead atoms. The molecule has 0 aliphatic carbocycles. The Hall–Kier alpha value is -4.28. The fraction of sp³-hybridized carbons (Fsp3) is 0.238. The lowest BCUT2D eigenvalue weighted by atomic mass is 10.1. The summed E-state index contributed by atoms with van der Waals surface area (Å²) >= 11 is 0. The van der Waals surface area contributed by atoms with E-state index in [4.69, 9.17) is 9.15 Å². The molecule has 1 aromatic heterocycles. The largest absolute Gasteiger partial charge is 0.456 e. The van der Waals surface area contributed by atoms with Gasteiger partial charge in [0, 0.05) is 24.6 Å². The summed E-state index contributed by atoms with van der Waals surface area (Å²) in [7, 11) is 0. The number of aromatic nitrogens is 1. The van der Waals surface area contributed by atoms with Crippen molar-refractivity contribution >= 4 is 40.1 Å². The highest BCUT2D eigenvalue weighted by Crippen LogP contribution is 2.20. The Kier molecular flexibility index (Phi) is 6.78. The van der Waals surface area contributed by atoms with Crippen LogP contribution in [-0.4, -0.2) is 33.8 Å². The minimum Gasteiger partial charge on any atom is -0.456 e. The van der Waals surface area contributed by atoms with Crippen LogP contribution in [0, 0.1) is 10.1 Å². The topological polar surface area (TPSA) is 151 Å². The number of nitrogens with one attached hydrogen (secondary N) is 1. The van der Waals surface area contributed by atoms with Gasteiger partial charge in [0.05, 0.1) is 22.2 Å². The Balaban J connectivity index is 1.50. The molecule has 0 unspecified atom stereocenters. The van der Waals surface area contributed by atoms with Crippen LogP contribution < -0.4 is 11.1 Å². The Morgan fingerprint density at radius 1 is 1.19 bits per heavy atom. The first-order chi connectivity index (χ1) is 15.3. The molecule has 1 N–H and O–H groups in total. The van der Waals surface area contributed by atoms with Gasteiger partial charge in [-0.15, -0.1) is 0 Å². The van der Waals surface area contributed by atoms with Crippen LogP contribution in [0.3, 0.4) is 0 Å². The molecule has 0 saturated heterocycles. The summed E-state index contributed by atoms with van der Waals surface area (Å²) in [5.74, 6) is -2.14. The molecule has 11 heteroatoms. The average Bonchev–Trinajstić information content (AvgIpc) is 3.07. The first-order valence-electron chi connectivity index (χ1n) is 9.59. The molecule has 166 valence electrons. The van der Waals surface area contributed by atoms with Gasteiger partial charge in [-0.2, -0.15) is 0 Å². The Morgan fingerprint density at radius 3 is 2.66 bits per heavy atom. The maximum absolute atomic E-state index is 12.0. The molecule has 0 spiro atoms. The molecular formula is C21H19N3O8. The molecule has 32 heavy (non-hydrogen) atoms. The standard InChI is InChI=1S/C21H19N3O8/c1-13(25)15-5-2-3-6-16(15)22-19(26)12-31-20(27)7-4-10-23-17-9-8-14(24(29)30)11-18(17)32-21(23)28/h2-3,5-6,8-9,11H,4,7,10,12H2,1H3,(H,22,26). The van der Waals surface area contributed by atoms with Crippen molar-refractivity contribution in [1.29, 1.82) is 0 Å². The number of esters is 1. The maximum Gasteiger partial charge on any atom is 0.419 e. The third-order valence-electron chi connectivity index (χ3n) is 4.57. The fourth-order valence-electron chi connectivity index (χ4n) is 3.07. The molecule has 1 amide bonds. The van der Waals surface area contributed by atoms with E-state index in [1.165, 1.54) is 23.6 Å². The minimum atomic E-state index is -0.697. The van der Waals surface area contributed by atoms with Crippen LogP contribution in [0.2, 0.25) is 0 Å². The zero-order valence-electron chi connectivity index (χ0n) is 17.0. The number of anilines is 1. The van der Waals surface area contributed by atoms with E-state index in [1.807, 2.05) is 0 Å². The minimum absolute atomic E-state index is 0.0661. The molecule has 0 aliphatic heterocycles. The normalized spacial score (nSPS) is 10.7. The number of amides is 1. The first-order valence-corrected chi connectivity index (χ1v) is 9.59. The van der Waals surface area contributed by atoms with Crippen LogP contribution in [-0.2, 0) is 20.9 Å². The van der Waals surface area contributed by atoms with Crippen LogP contribution in [0.15, 0.2) is 51.7 Å². The number of ether oxygens (including phenoxy) is 1. The number of rotatable bonds is 9. The highest BCUT2D eigenvalue weighted by atomic mass is 16.6. The third-order valence-corrected chi connectivity index (χ3v) is 4.57. The van der Waals surface area contributed by atoms with E-state index in [1.54, 1.807) is 24.3 Å². The monoisotopic (exact) mass is 441 g/mol. The Morgan fingerprint density at radius 2 is 1.94 bits per heavy atom. The number of ketones is 1. The summed E-state index contributed by atoms with van der Waals surface area (Å²) in [6, 6.07) is 10.3. The molecule has 3 rings (SSSR count). The molecular weight excluding hydrogens is 422 g/mol. The average molecular weight is 441 g/mol. The lowest BCUT2D eigenvalue weighted by Crippen LogP contribution is -2.22. The van der Waals surface area contributed by atoms with E-state index in [-0.39, 0.29) is 36.4 Å². The summed E-state index contributed by atoms with van der Waals surface area (Å²) in [4.78, 5) is 57.8. The highest BCUT2D eigenvalue weighted by Gasteiger charge is 2.15. The number of aryl methyl sites for hydroxylation is 1. The lowest BCUT2D eigenvalue weighted by Gasteiger charge is -2.09. The van der Waals surface area contributed by atoms with Crippen molar-refractivity contribution in [2.75, 3.05) is 11.9 Å². The number of hydrogen-bond donors (Lipinski definition) is 1. The molecule has 0 saturated carbocycles. The quantitative estimate of drug-likeness (QED) is 0.230. The van der Waals surface area contributed by atoms with Gasteiger partial charge in [0.2, 0.25) is 0 Å². The van der Waals surface area contributed by atoms with Crippen LogP contribution in [0.5, 0.6) is 0 Å². The van der Waals surface area contributed by atoms with Crippen molar-refractivity contribution in [2.24, 2.45) is 0 Å². The molecule has 0 radical (unpaired) electrons. The number of oxazole rings is 1. The van der Waals surface area contributed by atoms with Gasteiger partial charge in [-0.3, -0.25) is 29.1 Å². The van der Waals surface area contributed by atoms with Crippen LogP contribution in [0.1, 0.15) is 30.1 Å². The summed E-state index contributed by atoms with van der Waals surface area (Å²) in [5, 5.41) is 13.3. The molecule has 0 aliphatic rings. The number of Topliss-reactive ketones (excluding diaryl/α,β-unsaturated/α-hetero) is 1. The van der Waals surface area contributed by atoms with E-state index < -0.39 is 29.2 Å². The second-order valence-corrected chi connectivity index (χ2v) is 6.84. The van der Waals surface area contributed by atoms with E-state index in [0.29, 0.717) is 16.8 Å². The zero-order valence-corrected chi connectivity index (χ0v) is 17.0. The molecule has 1 heterocycles. The smallest absolute Gasteiger partial charge is 0.419 e. The number of para-hydroxylation sites is 1. The van der Waals surface area contributed by atoms with Gasteiger partial charge >= 0.3 is 11.7 Å². The van der Waals surface area contributed by atoms with Crippen molar-refractivity contribution in [3.8, 4) is 0 Å². The van der Waals surface area contributed by atoms with Crippen LogP contribution in [0.4, 0.5) is 11.4 Å². The van der Waals surface area contributed by atoms with E-state index in [2.05, 4.69) is 5.32 Å². The summed E-state index contributed by atoms with van der Waals surface area (Å²) in [6.07, 6.45) is 0.155. The zero-order chi connectivity index (χ0) is 23.3. The number of benzene rings is 2. The number of nitro benzene ring substituents is 1. The van der Waals surface area contributed by atoms with Gasteiger partial charge in [0.1, 0.15) is 0 Å². The van der Waals surface area contributed by atoms with Gasteiger partial charge in [-0.05, 0) is 31.5 Å². The summed E-state index contributed by atoms with van der Waals surface area (Å²) in [6.45, 7) is 0.973.